The number of rotatable bonds is 4. The van der Waals surface area contributed by atoms with Crippen molar-refractivity contribution in [3.8, 4) is 17.2 Å². The third-order valence-electron chi connectivity index (χ3n) is 4.64. The summed E-state index contributed by atoms with van der Waals surface area (Å²) >= 11 is 0. The van der Waals surface area contributed by atoms with Gasteiger partial charge in [0.25, 0.3) is 5.91 Å². The van der Waals surface area contributed by atoms with Crippen LogP contribution in [0.2, 0.25) is 0 Å². The number of ether oxygens (including phenoxy) is 1. The van der Waals surface area contributed by atoms with Gasteiger partial charge in [-0.3, -0.25) is 4.79 Å². The van der Waals surface area contributed by atoms with E-state index in [-0.39, 0.29) is 11.8 Å². The van der Waals surface area contributed by atoms with E-state index in [1.165, 1.54) is 6.26 Å². The van der Waals surface area contributed by atoms with E-state index in [0.29, 0.717) is 30.6 Å². The fourth-order valence-corrected chi connectivity index (χ4v) is 3.14. The van der Waals surface area contributed by atoms with E-state index in [1.54, 1.807) is 24.1 Å². The minimum atomic E-state index is -0.0714. The van der Waals surface area contributed by atoms with Gasteiger partial charge in [0.2, 0.25) is 11.8 Å². The summed E-state index contributed by atoms with van der Waals surface area (Å²) in [5.41, 5.74) is 0.856. The quantitative estimate of drug-likeness (QED) is 0.715. The molecule has 7 heteroatoms. The molecule has 26 heavy (non-hydrogen) atoms. The summed E-state index contributed by atoms with van der Waals surface area (Å²) in [6.45, 7) is 1.29. The molecule has 1 aliphatic heterocycles. The minimum absolute atomic E-state index is 0.0714. The predicted octanol–water partition coefficient (Wildman–Crippen LogP) is 3.36. The first-order valence-electron chi connectivity index (χ1n) is 8.55. The van der Waals surface area contributed by atoms with Crippen LogP contribution in [0.1, 0.15) is 35.2 Å². The Morgan fingerprint density at radius 2 is 1.92 bits per heavy atom. The van der Waals surface area contributed by atoms with Gasteiger partial charge in [-0.05, 0) is 49.2 Å². The van der Waals surface area contributed by atoms with E-state index in [0.717, 1.165) is 24.2 Å². The Hall–Kier alpha value is -3.09. The third kappa shape index (κ3) is 3.20. The molecule has 0 unspecified atom stereocenters. The molecule has 134 valence electrons. The molecule has 0 bridgehead atoms. The molecule has 1 aliphatic rings. The lowest BCUT2D eigenvalue weighted by Gasteiger charge is -2.29. The van der Waals surface area contributed by atoms with E-state index in [4.69, 9.17) is 13.6 Å². The number of carbonyl (C=O) groups is 1. The summed E-state index contributed by atoms with van der Waals surface area (Å²) in [6, 6.07) is 10.9. The zero-order valence-electron chi connectivity index (χ0n) is 14.4. The summed E-state index contributed by atoms with van der Waals surface area (Å²) in [6.07, 6.45) is 3.09. The Labute approximate surface area is 150 Å². The fourth-order valence-electron chi connectivity index (χ4n) is 3.14. The number of hydrogen-bond donors (Lipinski definition) is 0. The van der Waals surface area contributed by atoms with Gasteiger partial charge in [-0.25, -0.2) is 0 Å². The second-order valence-corrected chi connectivity index (χ2v) is 6.22. The largest absolute Gasteiger partial charge is 0.497 e. The first kappa shape index (κ1) is 16.4. The number of carbonyl (C=O) groups excluding carboxylic acids is 1. The van der Waals surface area contributed by atoms with Gasteiger partial charge in [-0.2, -0.15) is 0 Å². The van der Waals surface area contributed by atoms with Crippen LogP contribution in [0.15, 0.2) is 51.5 Å². The van der Waals surface area contributed by atoms with Crippen LogP contribution in [-0.2, 0) is 0 Å². The van der Waals surface area contributed by atoms with Crippen LogP contribution in [0.3, 0.4) is 0 Å². The molecule has 3 heterocycles. The van der Waals surface area contributed by atoms with Crippen molar-refractivity contribution >= 4 is 5.91 Å². The number of benzene rings is 1. The molecule has 0 saturated carbocycles. The predicted molar refractivity (Wildman–Crippen MR) is 92.9 cm³/mol. The summed E-state index contributed by atoms with van der Waals surface area (Å²) in [5.74, 6) is 2.37. The van der Waals surface area contributed by atoms with E-state index in [1.807, 2.05) is 24.3 Å². The molecule has 3 aromatic rings. The molecule has 1 aromatic carbocycles. The zero-order valence-corrected chi connectivity index (χ0v) is 14.4. The molecule has 0 atom stereocenters. The van der Waals surface area contributed by atoms with Crippen LogP contribution < -0.4 is 4.74 Å². The molecule has 1 amide bonds. The second-order valence-electron chi connectivity index (χ2n) is 6.22. The smallest absolute Gasteiger partial charge is 0.289 e. The number of likely N-dealkylation sites (tertiary alicyclic amines) is 1. The highest BCUT2D eigenvalue weighted by molar-refractivity contribution is 5.91. The average molecular weight is 353 g/mol. The highest BCUT2D eigenvalue weighted by atomic mass is 16.5. The standard InChI is InChI=1S/C19H19N3O4/c1-24-15-6-4-13(5-7-15)17-20-21-18(26-17)14-8-10-22(11-9-14)19(23)16-3-2-12-25-16/h2-7,12,14H,8-11H2,1H3. The van der Waals surface area contributed by atoms with Crippen LogP contribution in [0, 0.1) is 0 Å². The Morgan fingerprint density at radius 3 is 2.58 bits per heavy atom. The van der Waals surface area contributed by atoms with Crippen molar-refractivity contribution in [2.75, 3.05) is 20.2 Å². The van der Waals surface area contributed by atoms with Gasteiger partial charge in [0.05, 0.1) is 13.4 Å². The van der Waals surface area contributed by atoms with E-state index < -0.39 is 0 Å². The monoisotopic (exact) mass is 353 g/mol. The Balaban J connectivity index is 1.40. The summed E-state index contributed by atoms with van der Waals surface area (Å²) < 4.78 is 16.2. The van der Waals surface area contributed by atoms with Gasteiger partial charge in [-0.15, -0.1) is 10.2 Å². The number of furan rings is 1. The first-order chi connectivity index (χ1) is 12.7. The lowest BCUT2D eigenvalue weighted by atomic mass is 9.96. The van der Waals surface area contributed by atoms with Crippen molar-refractivity contribution in [1.82, 2.24) is 15.1 Å². The van der Waals surface area contributed by atoms with Crippen LogP contribution in [0.4, 0.5) is 0 Å². The van der Waals surface area contributed by atoms with Crippen LogP contribution in [0.25, 0.3) is 11.5 Å². The van der Waals surface area contributed by atoms with Crippen molar-refractivity contribution in [2.45, 2.75) is 18.8 Å². The van der Waals surface area contributed by atoms with Gasteiger partial charge in [0.15, 0.2) is 5.76 Å². The maximum absolute atomic E-state index is 12.3. The normalized spacial score (nSPS) is 15.2. The van der Waals surface area contributed by atoms with Crippen molar-refractivity contribution in [3.05, 3.63) is 54.3 Å². The van der Waals surface area contributed by atoms with Crippen molar-refractivity contribution in [1.29, 1.82) is 0 Å². The molecule has 1 fully saturated rings. The molecule has 0 spiro atoms. The van der Waals surface area contributed by atoms with Gasteiger partial charge in [0.1, 0.15) is 5.75 Å². The van der Waals surface area contributed by atoms with Gasteiger partial charge >= 0.3 is 0 Å². The zero-order chi connectivity index (χ0) is 17.9. The van der Waals surface area contributed by atoms with Gasteiger partial charge in [-0.1, -0.05) is 0 Å². The van der Waals surface area contributed by atoms with Crippen molar-refractivity contribution < 1.29 is 18.4 Å². The van der Waals surface area contributed by atoms with E-state index in [9.17, 15) is 4.79 Å². The highest BCUT2D eigenvalue weighted by Crippen LogP contribution is 2.30. The Kier molecular flexibility index (Phi) is 4.43. The molecule has 0 N–H and O–H groups in total. The molecule has 0 radical (unpaired) electrons. The molecular weight excluding hydrogens is 334 g/mol. The summed E-state index contributed by atoms with van der Waals surface area (Å²) in [5, 5.41) is 8.37. The first-order valence-corrected chi connectivity index (χ1v) is 8.55. The number of piperidine rings is 1. The maximum atomic E-state index is 12.3. The van der Waals surface area contributed by atoms with Gasteiger partial charge in [0, 0.05) is 24.6 Å². The molecule has 1 saturated heterocycles. The maximum Gasteiger partial charge on any atom is 0.289 e. The molecule has 4 rings (SSSR count). The van der Waals surface area contributed by atoms with Crippen molar-refractivity contribution in [2.24, 2.45) is 0 Å². The summed E-state index contributed by atoms with van der Waals surface area (Å²) in [4.78, 5) is 14.1. The number of amides is 1. The highest BCUT2D eigenvalue weighted by Gasteiger charge is 2.28. The molecule has 0 aliphatic carbocycles. The number of aromatic nitrogens is 2. The number of nitrogens with zero attached hydrogens (tertiary/aromatic N) is 3. The van der Waals surface area contributed by atoms with Crippen LogP contribution >= 0.6 is 0 Å². The fraction of sp³-hybridized carbons (Fsp3) is 0.316. The summed E-state index contributed by atoms with van der Waals surface area (Å²) in [7, 11) is 1.63. The SMILES string of the molecule is COc1ccc(-c2nnc(C3CCN(C(=O)c4ccco4)CC3)o2)cc1. The van der Waals surface area contributed by atoms with Crippen LogP contribution in [-0.4, -0.2) is 41.2 Å². The molecule has 2 aromatic heterocycles. The van der Waals surface area contributed by atoms with Crippen molar-refractivity contribution in [3.63, 3.8) is 0 Å². The Morgan fingerprint density at radius 1 is 1.15 bits per heavy atom. The van der Waals surface area contributed by atoms with Gasteiger partial charge < -0.3 is 18.5 Å². The number of methoxy groups -OCH3 is 1. The minimum Gasteiger partial charge on any atom is -0.497 e. The van der Waals surface area contributed by atoms with Crippen LogP contribution in [0.5, 0.6) is 5.75 Å². The topological polar surface area (TPSA) is 81.6 Å². The number of hydrogen-bond acceptors (Lipinski definition) is 6. The lowest BCUT2D eigenvalue weighted by Crippen LogP contribution is -2.37. The Bertz CT molecular complexity index is 863. The van der Waals surface area contributed by atoms with E-state index >= 15 is 0 Å². The second kappa shape index (κ2) is 7.03. The van der Waals surface area contributed by atoms with E-state index in [2.05, 4.69) is 10.2 Å². The molecule has 7 nitrogen and oxygen atoms in total. The average Bonchev–Trinajstić information content (AvgIpc) is 3.40. The lowest BCUT2D eigenvalue weighted by molar-refractivity contribution is 0.0674. The third-order valence-corrected chi connectivity index (χ3v) is 4.64. The molecular formula is C19H19N3O4.